The van der Waals surface area contributed by atoms with Crippen molar-refractivity contribution in [2.45, 2.75) is 0 Å². The molecule has 1 rings (SSSR count). The Balaban J connectivity index is 0.000000202. The standard InChI is InChI=1S/C6H6.CH5NO3S/c1-2-4-6-5-3-1;1-2-6(3,4)5/h1-6H;2H,1H3,(H,3,4,5). The number of hydrogen-bond acceptors (Lipinski definition) is 2. The van der Waals surface area contributed by atoms with E-state index in [1.54, 1.807) is 4.72 Å². The van der Waals surface area contributed by atoms with E-state index in [1.807, 2.05) is 36.4 Å². The average molecular weight is 189 g/mol. The molecule has 0 atom stereocenters. The lowest BCUT2D eigenvalue weighted by Crippen LogP contribution is -2.16. The monoisotopic (exact) mass is 189 g/mol. The quantitative estimate of drug-likeness (QED) is 0.639. The van der Waals surface area contributed by atoms with Crippen molar-refractivity contribution in [3.05, 3.63) is 36.4 Å². The Labute approximate surface area is 72.1 Å². The summed E-state index contributed by atoms with van der Waals surface area (Å²) in [4.78, 5) is 0. The predicted molar refractivity (Wildman–Crippen MR) is 47.1 cm³/mol. The van der Waals surface area contributed by atoms with Crippen LogP contribution in [0.5, 0.6) is 0 Å². The van der Waals surface area contributed by atoms with Crippen LogP contribution < -0.4 is 4.72 Å². The van der Waals surface area contributed by atoms with Crippen molar-refractivity contribution < 1.29 is 13.0 Å². The van der Waals surface area contributed by atoms with Crippen molar-refractivity contribution in [2.75, 3.05) is 7.05 Å². The lowest BCUT2D eigenvalue weighted by atomic mass is 10.4. The highest BCUT2D eigenvalue weighted by molar-refractivity contribution is 7.83. The fourth-order valence-corrected chi connectivity index (χ4v) is 0.385. The minimum Gasteiger partial charge on any atom is -0.273 e. The molecular formula is C7H11NO3S. The Kier molecular flexibility index (Phi) is 5.27. The number of benzene rings is 1. The van der Waals surface area contributed by atoms with Gasteiger partial charge in [0.1, 0.15) is 0 Å². The number of nitrogens with one attached hydrogen (secondary N) is 1. The van der Waals surface area contributed by atoms with E-state index >= 15 is 0 Å². The van der Waals surface area contributed by atoms with Gasteiger partial charge in [-0.05, 0) is 0 Å². The molecule has 0 aliphatic rings. The third-order valence-corrected chi connectivity index (χ3v) is 1.44. The van der Waals surface area contributed by atoms with E-state index in [0.717, 1.165) is 7.05 Å². The third kappa shape index (κ3) is 9.09. The van der Waals surface area contributed by atoms with Gasteiger partial charge in [-0.25, -0.2) is 0 Å². The van der Waals surface area contributed by atoms with Crippen molar-refractivity contribution in [2.24, 2.45) is 0 Å². The molecule has 0 bridgehead atoms. The molecule has 1 aromatic rings. The molecule has 0 aliphatic carbocycles. The maximum atomic E-state index is 9.44. The van der Waals surface area contributed by atoms with Crippen LogP contribution in [0.1, 0.15) is 0 Å². The Morgan fingerprint density at radius 3 is 1.25 bits per heavy atom. The Hall–Kier alpha value is -0.910. The lowest BCUT2D eigenvalue weighted by molar-refractivity contribution is 0.473. The van der Waals surface area contributed by atoms with E-state index in [0.29, 0.717) is 0 Å². The molecule has 4 nitrogen and oxygen atoms in total. The molecule has 0 radical (unpaired) electrons. The highest BCUT2D eigenvalue weighted by Gasteiger charge is 1.91. The largest absolute Gasteiger partial charge is 0.333 e. The zero-order valence-corrected chi connectivity index (χ0v) is 7.45. The van der Waals surface area contributed by atoms with Crippen molar-refractivity contribution in [3.8, 4) is 0 Å². The van der Waals surface area contributed by atoms with Crippen LogP contribution in [0.25, 0.3) is 0 Å². The average Bonchev–Trinajstić information content (AvgIpc) is 2.07. The van der Waals surface area contributed by atoms with Crippen LogP contribution >= 0.6 is 0 Å². The topological polar surface area (TPSA) is 66.4 Å². The molecule has 1 aromatic carbocycles. The first-order chi connectivity index (χ1) is 5.56. The highest BCUT2D eigenvalue weighted by Crippen LogP contribution is 1.79. The SMILES string of the molecule is CNS(=O)(=O)O.c1ccccc1. The molecule has 0 fully saturated rings. The molecule has 0 aromatic heterocycles. The summed E-state index contributed by atoms with van der Waals surface area (Å²) < 4.78 is 28.2. The van der Waals surface area contributed by atoms with Crippen molar-refractivity contribution >= 4 is 10.3 Å². The van der Waals surface area contributed by atoms with E-state index in [1.165, 1.54) is 0 Å². The van der Waals surface area contributed by atoms with Crippen molar-refractivity contribution in [1.29, 1.82) is 0 Å². The molecule has 0 spiro atoms. The van der Waals surface area contributed by atoms with Crippen LogP contribution in [0, 0.1) is 0 Å². The zero-order chi connectivity index (χ0) is 9.45. The van der Waals surface area contributed by atoms with Crippen molar-refractivity contribution in [1.82, 2.24) is 4.72 Å². The Morgan fingerprint density at radius 2 is 1.17 bits per heavy atom. The van der Waals surface area contributed by atoms with Gasteiger partial charge >= 0.3 is 10.3 Å². The van der Waals surface area contributed by atoms with Gasteiger partial charge in [0.2, 0.25) is 0 Å². The smallest absolute Gasteiger partial charge is 0.273 e. The number of rotatable bonds is 1. The van der Waals surface area contributed by atoms with Gasteiger partial charge in [-0.1, -0.05) is 36.4 Å². The molecule has 0 unspecified atom stereocenters. The van der Waals surface area contributed by atoms with Crippen LogP contribution in [0.3, 0.4) is 0 Å². The Morgan fingerprint density at radius 1 is 1.00 bits per heavy atom. The van der Waals surface area contributed by atoms with Gasteiger partial charge in [0.25, 0.3) is 0 Å². The maximum Gasteiger partial charge on any atom is 0.333 e. The van der Waals surface area contributed by atoms with Crippen molar-refractivity contribution in [3.63, 3.8) is 0 Å². The molecule has 0 amide bonds. The van der Waals surface area contributed by atoms with Crippen LogP contribution in [0.4, 0.5) is 0 Å². The lowest BCUT2D eigenvalue weighted by Gasteiger charge is -1.83. The second kappa shape index (κ2) is 5.70. The van der Waals surface area contributed by atoms with Crippen LogP contribution in [-0.4, -0.2) is 20.0 Å². The van der Waals surface area contributed by atoms with Gasteiger partial charge < -0.3 is 0 Å². The molecule has 12 heavy (non-hydrogen) atoms. The minimum absolute atomic E-state index is 1.12. The molecule has 68 valence electrons. The molecule has 0 aliphatic heterocycles. The normalized spacial score (nSPS) is 9.83. The van der Waals surface area contributed by atoms with Crippen LogP contribution in [-0.2, 0) is 10.3 Å². The number of hydrogen-bond donors (Lipinski definition) is 2. The molecule has 2 N–H and O–H groups in total. The van der Waals surface area contributed by atoms with E-state index in [9.17, 15) is 8.42 Å². The summed E-state index contributed by atoms with van der Waals surface area (Å²) >= 11 is 0. The van der Waals surface area contributed by atoms with Gasteiger partial charge in [0.05, 0.1) is 0 Å². The molecule has 0 heterocycles. The third-order valence-electron chi connectivity index (χ3n) is 0.925. The first-order valence-electron chi connectivity index (χ1n) is 3.22. The van der Waals surface area contributed by atoms with Gasteiger partial charge in [0.15, 0.2) is 0 Å². The van der Waals surface area contributed by atoms with E-state index in [-0.39, 0.29) is 0 Å². The second-order valence-electron chi connectivity index (χ2n) is 1.83. The summed E-state index contributed by atoms with van der Waals surface area (Å²) in [5, 5.41) is 0. The summed E-state index contributed by atoms with van der Waals surface area (Å²) in [7, 11) is -2.79. The second-order valence-corrected chi connectivity index (χ2v) is 3.19. The van der Waals surface area contributed by atoms with E-state index < -0.39 is 10.3 Å². The first kappa shape index (κ1) is 11.1. The fourth-order valence-electron chi connectivity index (χ4n) is 0.385. The molecular weight excluding hydrogens is 178 g/mol. The molecule has 0 saturated heterocycles. The predicted octanol–water partition coefficient (Wildman–Crippen LogP) is 0.695. The van der Waals surface area contributed by atoms with E-state index in [4.69, 9.17) is 4.55 Å². The fraction of sp³-hybridized carbons (Fsp3) is 0.143. The zero-order valence-electron chi connectivity index (χ0n) is 6.64. The van der Waals surface area contributed by atoms with E-state index in [2.05, 4.69) is 0 Å². The van der Waals surface area contributed by atoms with Gasteiger partial charge in [0, 0.05) is 7.05 Å². The molecule has 5 heteroatoms. The summed E-state index contributed by atoms with van der Waals surface area (Å²) in [5.74, 6) is 0. The Bertz CT molecular complexity index is 256. The first-order valence-corrected chi connectivity index (χ1v) is 4.66. The van der Waals surface area contributed by atoms with Gasteiger partial charge in [-0.15, -0.1) is 0 Å². The summed E-state index contributed by atoms with van der Waals surface area (Å²) in [6.07, 6.45) is 0. The maximum absolute atomic E-state index is 9.44. The highest BCUT2D eigenvalue weighted by atomic mass is 32.2. The summed E-state index contributed by atoms with van der Waals surface area (Å²) in [6, 6.07) is 12.0. The molecule has 0 saturated carbocycles. The van der Waals surface area contributed by atoms with Crippen LogP contribution in [0.15, 0.2) is 36.4 Å². The summed E-state index contributed by atoms with van der Waals surface area (Å²) in [6.45, 7) is 0. The summed E-state index contributed by atoms with van der Waals surface area (Å²) in [5.41, 5.74) is 0. The van der Waals surface area contributed by atoms with Crippen LogP contribution in [0.2, 0.25) is 0 Å². The minimum atomic E-state index is -3.91. The van der Waals surface area contributed by atoms with Gasteiger partial charge in [-0.2, -0.15) is 13.1 Å². The van der Waals surface area contributed by atoms with Gasteiger partial charge in [-0.3, -0.25) is 4.55 Å².